The lowest BCUT2D eigenvalue weighted by Gasteiger charge is -2.23. The monoisotopic (exact) mass is 506 g/mol. The highest BCUT2D eigenvalue weighted by atomic mass is 35.5. The minimum absolute atomic E-state index is 0.166. The lowest BCUT2D eigenvalue weighted by atomic mass is 10.00. The van der Waals surface area contributed by atoms with E-state index in [4.69, 9.17) is 37.4 Å². The fourth-order valence-corrected chi connectivity index (χ4v) is 4.15. The molecule has 2 aromatic carbocycles. The highest BCUT2D eigenvalue weighted by molar-refractivity contribution is 6.30. The lowest BCUT2D eigenvalue weighted by molar-refractivity contribution is -0.0832. The molecule has 2 heterocycles. The van der Waals surface area contributed by atoms with Crippen molar-refractivity contribution in [1.29, 1.82) is 0 Å². The summed E-state index contributed by atoms with van der Waals surface area (Å²) in [6.07, 6.45) is -0.634. The van der Waals surface area contributed by atoms with E-state index in [1.807, 2.05) is 24.3 Å². The molecule has 1 aromatic heterocycles. The zero-order chi connectivity index (χ0) is 24.1. The van der Waals surface area contributed by atoms with E-state index in [0.717, 1.165) is 11.1 Å². The molecule has 0 saturated carbocycles. The number of ether oxygens (including phenoxy) is 3. The number of benzene rings is 2. The molecule has 180 valence electrons. The van der Waals surface area contributed by atoms with Gasteiger partial charge in [-0.05, 0) is 35.4 Å². The molecule has 1 aliphatic heterocycles. The van der Waals surface area contributed by atoms with Crippen LogP contribution in [0.2, 0.25) is 10.0 Å². The summed E-state index contributed by atoms with van der Waals surface area (Å²) in [5.74, 6) is -0.569. The Labute approximate surface area is 205 Å². The minimum atomic E-state index is -0.839. The van der Waals surface area contributed by atoms with Crippen LogP contribution in [0.1, 0.15) is 17.4 Å². The normalized spacial score (nSPS) is 22.2. The van der Waals surface area contributed by atoms with Crippen molar-refractivity contribution >= 4 is 23.2 Å². The molecule has 1 aliphatic rings. The molecule has 4 rings (SSSR count). The molecule has 0 spiro atoms. The van der Waals surface area contributed by atoms with E-state index in [0.29, 0.717) is 16.7 Å². The summed E-state index contributed by atoms with van der Waals surface area (Å²) >= 11 is 11.9. The number of hydrogen-bond donors (Lipinski definition) is 2. The summed E-state index contributed by atoms with van der Waals surface area (Å²) < 4.78 is 19.4. The van der Waals surface area contributed by atoms with Gasteiger partial charge < -0.3 is 19.3 Å². The topological polar surface area (TPSA) is 103 Å². The molecule has 1 fully saturated rings. The first kappa shape index (κ1) is 24.7. The maximum atomic E-state index is 12.4. The van der Waals surface area contributed by atoms with E-state index in [9.17, 15) is 14.7 Å². The van der Waals surface area contributed by atoms with Crippen LogP contribution in [0.4, 0.5) is 0 Å². The zero-order valence-corrected chi connectivity index (χ0v) is 19.6. The third-order valence-electron chi connectivity index (χ3n) is 5.62. The molecular weight excluding hydrogens is 483 g/mol. The number of nitrogens with zero attached hydrogens (tertiary/aromatic N) is 1. The molecule has 34 heavy (non-hydrogen) atoms. The van der Waals surface area contributed by atoms with Crippen molar-refractivity contribution in [2.75, 3.05) is 13.2 Å². The molecule has 0 unspecified atom stereocenters. The Morgan fingerprint density at radius 3 is 2.15 bits per heavy atom. The molecule has 10 heteroatoms. The molecule has 1 saturated heterocycles. The van der Waals surface area contributed by atoms with Crippen LogP contribution in [0, 0.1) is 5.92 Å². The van der Waals surface area contributed by atoms with Crippen LogP contribution in [-0.2, 0) is 27.4 Å². The lowest BCUT2D eigenvalue weighted by Crippen LogP contribution is -2.37. The fraction of sp³-hybridized carbons (Fsp3) is 0.333. The molecule has 0 amide bonds. The van der Waals surface area contributed by atoms with Crippen molar-refractivity contribution in [3.63, 3.8) is 0 Å². The van der Waals surface area contributed by atoms with E-state index in [-0.39, 0.29) is 19.8 Å². The minimum Gasteiger partial charge on any atom is -0.396 e. The second-order valence-electron chi connectivity index (χ2n) is 7.97. The molecule has 8 nitrogen and oxygen atoms in total. The van der Waals surface area contributed by atoms with E-state index >= 15 is 0 Å². The predicted molar refractivity (Wildman–Crippen MR) is 127 cm³/mol. The average Bonchev–Trinajstić information content (AvgIpc) is 3.17. The first-order valence-electron chi connectivity index (χ1n) is 10.7. The van der Waals surface area contributed by atoms with Crippen molar-refractivity contribution in [2.24, 2.45) is 5.92 Å². The number of halogens is 2. The quantitative estimate of drug-likeness (QED) is 0.462. The number of aliphatic hydroxyl groups excluding tert-OH is 1. The van der Waals surface area contributed by atoms with Gasteiger partial charge in [0.25, 0.3) is 5.56 Å². The number of aromatic amines is 1. The highest BCUT2D eigenvalue weighted by Crippen LogP contribution is 2.36. The van der Waals surface area contributed by atoms with Gasteiger partial charge in [-0.25, -0.2) is 4.79 Å². The summed E-state index contributed by atoms with van der Waals surface area (Å²) in [4.78, 5) is 26.1. The molecule has 3 aromatic rings. The summed E-state index contributed by atoms with van der Waals surface area (Å²) in [6, 6.07) is 15.8. The number of aromatic nitrogens is 2. The third kappa shape index (κ3) is 5.96. The van der Waals surface area contributed by atoms with Gasteiger partial charge in [0.15, 0.2) is 0 Å². The van der Waals surface area contributed by atoms with Crippen LogP contribution in [-0.4, -0.2) is 40.1 Å². The smallest absolute Gasteiger partial charge is 0.330 e. The zero-order valence-electron chi connectivity index (χ0n) is 18.1. The Morgan fingerprint density at radius 2 is 1.56 bits per heavy atom. The molecule has 4 atom stereocenters. The SMILES string of the molecule is O=c1ccn([C@@H]2O[C@H](COCc3ccc(Cl)cc3)[C@@H](OCc3ccc(Cl)cc3)[C@H]2CO)c(=O)[nH]1. The number of hydrogen-bond acceptors (Lipinski definition) is 6. The summed E-state index contributed by atoms with van der Waals surface area (Å²) in [5, 5.41) is 11.4. The summed E-state index contributed by atoms with van der Waals surface area (Å²) in [6.45, 7) is 0.449. The van der Waals surface area contributed by atoms with Crippen molar-refractivity contribution < 1.29 is 19.3 Å². The van der Waals surface area contributed by atoms with Gasteiger partial charge in [0.2, 0.25) is 0 Å². The van der Waals surface area contributed by atoms with E-state index in [1.54, 1.807) is 24.3 Å². The van der Waals surface area contributed by atoms with Gasteiger partial charge in [-0.2, -0.15) is 0 Å². The van der Waals surface area contributed by atoms with Crippen LogP contribution in [0.5, 0.6) is 0 Å². The number of H-pyrrole nitrogens is 1. The van der Waals surface area contributed by atoms with E-state index in [2.05, 4.69) is 4.98 Å². The van der Waals surface area contributed by atoms with Gasteiger partial charge in [-0.15, -0.1) is 0 Å². The summed E-state index contributed by atoms with van der Waals surface area (Å²) in [7, 11) is 0. The van der Waals surface area contributed by atoms with Crippen molar-refractivity contribution in [3.8, 4) is 0 Å². The van der Waals surface area contributed by atoms with Gasteiger partial charge in [-0.1, -0.05) is 47.5 Å². The van der Waals surface area contributed by atoms with Gasteiger partial charge in [0.1, 0.15) is 12.3 Å². The second kappa shape index (κ2) is 11.3. The molecule has 0 aliphatic carbocycles. The van der Waals surface area contributed by atoms with E-state index < -0.39 is 35.6 Å². The fourth-order valence-electron chi connectivity index (χ4n) is 3.90. The Kier molecular flexibility index (Phi) is 8.20. The molecule has 0 bridgehead atoms. The predicted octanol–water partition coefficient (Wildman–Crippen LogP) is 3.15. The second-order valence-corrected chi connectivity index (χ2v) is 8.85. The largest absolute Gasteiger partial charge is 0.396 e. The molecular formula is C24H24Cl2N2O6. The Morgan fingerprint density at radius 1 is 0.941 bits per heavy atom. The van der Waals surface area contributed by atoms with Crippen LogP contribution < -0.4 is 11.2 Å². The number of aliphatic hydroxyl groups is 1. The first-order chi connectivity index (χ1) is 16.4. The van der Waals surface area contributed by atoms with Crippen molar-refractivity contribution in [3.05, 3.63) is 103 Å². The van der Waals surface area contributed by atoms with Crippen molar-refractivity contribution in [2.45, 2.75) is 31.6 Å². The van der Waals surface area contributed by atoms with Crippen LogP contribution in [0.25, 0.3) is 0 Å². The van der Waals surface area contributed by atoms with Gasteiger partial charge in [0.05, 0.1) is 38.4 Å². The molecule has 0 radical (unpaired) electrons. The van der Waals surface area contributed by atoms with E-state index in [1.165, 1.54) is 16.8 Å². The maximum absolute atomic E-state index is 12.4. The van der Waals surface area contributed by atoms with Gasteiger partial charge in [0, 0.05) is 22.3 Å². The summed E-state index contributed by atoms with van der Waals surface area (Å²) in [5.41, 5.74) is 0.688. The van der Waals surface area contributed by atoms with Gasteiger partial charge >= 0.3 is 5.69 Å². The number of rotatable bonds is 9. The Hall–Kier alpha value is -2.46. The third-order valence-corrected chi connectivity index (χ3v) is 6.13. The average molecular weight is 507 g/mol. The Balaban J connectivity index is 1.51. The van der Waals surface area contributed by atoms with Crippen LogP contribution in [0.15, 0.2) is 70.4 Å². The highest BCUT2D eigenvalue weighted by Gasteiger charge is 2.46. The maximum Gasteiger partial charge on any atom is 0.330 e. The standard InChI is InChI=1S/C24H24Cl2N2O6/c25-17-5-1-15(2-6-17)12-32-14-20-22(33-13-16-3-7-18(26)8-4-16)19(11-29)23(34-20)28-10-9-21(30)27-24(28)31/h1-10,19-20,22-23,29H,11-14H2,(H,27,30,31)/t19-,20-,22+,23-/m1/s1. The van der Waals surface area contributed by atoms with Crippen molar-refractivity contribution in [1.82, 2.24) is 9.55 Å². The Bertz CT molecular complexity index is 1200. The molecule has 2 N–H and O–H groups in total. The van der Waals surface area contributed by atoms with Crippen LogP contribution >= 0.6 is 23.2 Å². The van der Waals surface area contributed by atoms with Crippen LogP contribution in [0.3, 0.4) is 0 Å². The first-order valence-corrected chi connectivity index (χ1v) is 11.5. The van der Waals surface area contributed by atoms with Gasteiger partial charge in [-0.3, -0.25) is 14.3 Å². The number of nitrogens with one attached hydrogen (secondary N) is 1.